The Kier molecular flexibility index (Phi) is 6.87. The summed E-state index contributed by atoms with van der Waals surface area (Å²) in [5.41, 5.74) is 4.93. The Hall–Kier alpha value is -3.15. The van der Waals surface area contributed by atoms with Crippen molar-refractivity contribution in [3.05, 3.63) is 70.3 Å². The van der Waals surface area contributed by atoms with E-state index in [2.05, 4.69) is 16.7 Å². The number of amides is 2. The second kappa shape index (κ2) is 9.57. The number of hydrogen-bond donors (Lipinski definition) is 2. The third-order valence-corrected chi connectivity index (χ3v) is 5.53. The third-order valence-electron chi connectivity index (χ3n) is 5.53. The normalized spacial score (nSPS) is 16.2. The average Bonchev–Trinajstić information content (AvgIpc) is 2.74. The summed E-state index contributed by atoms with van der Waals surface area (Å²) in [5, 5.41) is 5.52. The predicted molar refractivity (Wildman–Crippen MR) is 114 cm³/mol. The first kappa shape index (κ1) is 21.6. The molecular weight excluding hydrogens is 380 g/mol. The van der Waals surface area contributed by atoms with Gasteiger partial charge in [-0.05, 0) is 74.4 Å². The molecule has 2 N–H and O–H groups in total. The van der Waals surface area contributed by atoms with E-state index in [0.717, 1.165) is 36.0 Å². The van der Waals surface area contributed by atoms with Gasteiger partial charge in [0.25, 0.3) is 11.8 Å². The predicted octanol–water partition coefficient (Wildman–Crippen LogP) is 3.16. The lowest BCUT2D eigenvalue weighted by Gasteiger charge is -2.27. The number of fused-ring (bicyclic) bond motifs is 1. The highest BCUT2D eigenvalue weighted by atomic mass is 16.5. The highest BCUT2D eigenvalue weighted by Crippen LogP contribution is 2.29. The largest absolute Gasteiger partial charge is 0.451 e. The maximum absolute atomic E-state index is 12.5. The van der Waals surface area contributed by atoms with Crippen molar-refractivity contribution >= 4 is 17.8 Å². The van der Waals surface area contributed by atoms with E-state index >= 15 is 0 Å². The maximum atomic E-state index is 12.5. The summed E-state index contributed by atoms with van der Waals surface area (Å²) in [7, 11) is 0. The van der Waals surface area contributed by atoms with E-state index < -0.39 is 12.1 Å². The summed E-state index contributed by atoms with van der Waals surface area (Å²) in [6.45, 7) is 5.13. The quantitative estimate of drug-likeness (QED) is 0.719. The second-order valence-corrected chi connectivity index (χ2v) is 7.77. The standard InChI is InChI=1S/C24H28N2O4/c1-15-11-12-19(13-16(15)2)24(29)25-14-22(27)30-17(3)23(28)26-21-10-6-8-18-7-4-5-9-20(18)21/h4-5,7,9,11-13,17,21H,6,8,10,14H2,1-3H3,(H,25,29)(H,26,28)/t17-,21-/m1/s1. The number of nitrogens with one attached hydrogen (secondary N) is 2. The number of carbonyl (C=O) groups is 3. The molecule has 0 unspecified atom stereocenters. The fourth-order valence-corrected chi connectivity index (χ4v) is 3.62. The monoisotopic (exact) mass is 408 g/mol. The molecule has 3 rings (SSSR count). The molecule has 0 aliphatic heterocycles. The van der Waals surface area contributed by atoms with Crippen molar-refractivity contribution in [2.75, 3.05) is 6.54 Å². The van der Waals surface area contributed by atoms with Crippen molar-refractivity contribution in [3.63, 3.8) is 0 Å². The van der Waals surface area contributed by atoms with Crippen molar-refractivity contribution in [2.24, 2.45) is 0 Å². The van der Waals surface area contributed by atoms with Crippen LogP contribution in [0.3, 0.4) is 0 Å². The van der Waals surface area contributed by atoms with E-state index in [1.807, 2.05) is 38.1 Å². The number of esters is 1. The Bertz CT molecular complexity index is 954. The zero-order chi connectivity index (χ0) is 21.7. The van der Waals surface area contributed by atoms with Crippen molar-refractivity contribution in [1.29, 1.82) is 0 Å². The Labute approximate surface area is 177 Å². The molecule has 2 aromatic rings. The molecule has 6 nitrogen and oxygen atoms in total. The summed E-state index contributed by atoms with van der Waals surface area (Å²) < 4.78 is 5.21. The van der Waals surface area contributed by atoms with Crippen LogP contribution in [0, 0.1) is 13.8 Å². The van der Waals surface area contributed by atoms with E-state index in [1.165, 1.54) is 12.5 Å². The third kappa shape index (κ3) is 5.26. The van der Waals surface area contributed by atoms with Crippen LogP contribution in [0.15, 0.2) is 42.5 Å². The first-order valence-corrected chi connectivity index (χ1v) is 10.3. The van der Waals surface area contributed by atoms with Crippen LogP contribution in [0.2, 0.25) is 0 Å². The minimum Gasteiger partial charge on any atom is -0.451 e. The van der Waals surface area contributed by atoms with Crippen LogP contribution in [0.4, 0.5) is 0 Å². The topological polar surface area (TPSA) is 84.5 Å². The zero-order valence-corrected chi connectivity index (χ0v) is 17.7. The Morgan fingerprint density at radius 1 is 1.10 bits per heavy atom. The van der Waals surface area contributed by atoms with Crippen LogP contribution >= 0.6 is 0 Å². The van der Waals surface area contributed by atoms with E-state index in [0.29, 0.717) is 5.56 Å². The van der Waals surface area contributed by atoms with E-state index in [9.17, 15) is 14.4 Å². The van der Waals surface area contributed by atoms with Gasteiger partial charge in [0, 0.05) is 5.56 Å². The van der Waals surface area contributed by atoms with Crippen LogP contribution in [-0.4, -0.2) is 30.4 Å². The SMILES string of the molecule is Cc1ccc(C(=O)NCC(=O)O[C@H](C)C(=O)N[C@@H]2CCCc3ccccc32)cc1C. The molecule has 6 heteroatoms. The van der Waals surface area contributed by atoms with Gasteiger partial charge in [0.2, 0.25) is 0 Å². The number of aryl methyl sites for hydroxylation is 3. The number of rotatable bonds is 6. The van der Waals surface area contributed by atoms with Gasteiger partial charge in [-0.1, -0.05) is 30.3 Å². The van der Waals surface area contributed by atoms with Crippen molar-refractivity contribution in [1.82, 2.24) is 10.6 Å². The maximum Gasteiger partial charge on any atom is 0.326 e. The van der Waals surface area contributed by atoms with Crippen LogP contribution in [0.5, 0.6) is 0 Å². The van der Waals surface area contributed by atoms with E-state index in [4.69, 9.17) is 4.74 Å². The average molecular weight is 408 g/mol. The molecule has 0 aromatic heterocycles. The molecule has 2 amide bonds. The molecule has 2 aromatic carbocycles. The number of carbonyl (C=O) groups excluding carboxylic acids is 3. The summed E-state index contributed by atoms with van der Waals surface area (Å²) in [5.74, 6) is -1.35. The minimum atomic E-state index is -0.940. The number of ether oxygens (including phenoxy) is 1. The van der Waals surface area contributed by atoms with Crippen molar-refractivity contribution in [2.45, 2.75) is 52.2 Å². The summed E-state index contributed by atoms with van der Waals surface area (Å²) in [6.07, 6.45) is 1.92. The number of hydrogen-bond acceptors (Lipinski definition) is 4. The van der Waals surface area contributed by atoms with E-state index in [-0.39, 0.29) is 24.4 Å². The summed E-state index contributed by atoms with van der Waals surface area (Å²) in [4.78, 5) is 36.8. The molecule has 0 spiro atoms. The van der Waals surface area contributed by atoms with Gasteiger partial charge in [0.05, 0.1) is 6.04 Å². The lowest BCUT2D eigenvalue weighted by Crippen LogP contribution is -2.41. The summed E-state index contributed by atoms with van der Waals surface area (Å²) >= 11 is 0. The van der Waals surface area contributed by atoms with Gasteiger partial charge in [-0.2, -0.15) is 0 Å². The molecule has 2 atom stereocenters. The van der Waals surface area contributed by atoms with Crippen LogP contribution in [-0.2, 0) is 20.7 Å². The lowest BCUT2D eigenvalue weighted by atomic mass is 9.87. The molecule has 0 bridgehead atoms. The molecule has 0 fully saturated rings. The Morgan fingerprint density at radius 2 is 1.87 bits per heavy atom. The summed E-state index contributed by atoms with van der Waals surface area (Å²) in [6, 6.07) is 13.3. The second-order valence-electron chi connectivity index (χ2n) is 7.77. The minimum absolute atomic E-state index is 0.0759. The molecule has 0 radical (unpaired) electrons. The fourth-order valence-electron chi connectivity index (χ4n) is 3.62. The zero-order valence-electron chi connectivity index (χ0n) is 17.7. The van der Waals surface area contributed by atoms with Gasteiger partial charge in [0.15, 0.2) is 6.10 Å². The highest BCUT2D eigenvalue weighted by molar-refractivity contribution is 5.96. The van der Waals surface area contributed by atoms with Gasteiger partial charge >= 0.3 is 5.97 Å². The molecule has 0 heterocycles. The van der Waals surface area contributed by atoms with Gasteiger partial charge in [-0.3, -0.25) is 14.4 Å². The van der Waals surface area contributed by atoms with Crippen LogP contribution < -0.4 is 10.6 Å². The smallest absolute Gasteiger partial charge is 0.326 e. The molecule has 1 aliphatic carbocycles. The fraction of sp³-hybridized carbons (Fsp3) is 0.375. The van der Waals surface area contributed by atoms with Crippen LogP contribution in [0.1, 0.15) is 58.4 Å². The highest BCUT2D eigenvalue weighted by Gasteiger charge is 2.25. The van der Waals surface area contributed by atoms with Crippen molar-refractivity contribution in [3.8, 4) is 0 Å². The first-order valence-electron chi connectivity index (χ1n) is 10.3. The van der Waals surface area contributed by atoms with E-state index in [1.54, 1.807) is 12.1 Å². The van der Waals surface area contributed by atoms with Gasteiger partial charge < -0.3 is 15.4 Å². The number of benzene rings is 2. The lowest BCUT2D eigenvalue weighted by molar-refractivity contribution is -0.154. The van der Waals surface area contributed by atoms with Crippen molar-refractivity contribution < 1.29 is 19.1 Å². The molecule has 1 aliphatic rings. The Morgan fingerprint density at radius 3 is 2.63 bits per heavy atom. The molecular formula is C24H28N2O4. The van der Waals surface area contributed by atoms with Gasteiger partial charge in [-0.15, -0.1) is 0 Å². The molecule has 0 saturated heterocycles. The molecule has 158 valence electrons. The van der Waals surface area contributed by atoms with Crippen LogP contribution in [0.25, 0.3) is 0 Å². The van der Waals surface area contributed by atoms with Gasteiger partial charge in [-0.25, -0.2) is 0 Å². The van der Waals surface area contributed by atoms with Gasteiger partial charge in [0.1, 0.15) is 6.54 Å². The molecule has 0 saturated carbocycles. The molecule has 30 heavy (non-hydrogen) atoms. The Balaban J connectivity index is 1.49. The first-order chi connectivity index (χ1) is 14.3.